The number of fused-ring (bicyclic) bond motifs is 1. The average molecular weight is 248 g/mol. The Bertz CT molecular complexity index is 511. The third kappa shape index (κ3) is 2.30. The van der Waals surface area contributed by atoms with Crippen LogP contribution in [-0.4, -0.2) is 30.1 Å². The van der Waals surface area contributed by atoms with Crippen LogP contribution in [0.2, 0.25) is 0 Å². The van der Waals surface area contributed by atoms with Crippen LogP contribution in [0.25, 0.3) is 0 Å². The third-order valence-corrected chi connectivity index (χ3v) is 3.23. The number of hydrogen-bond acceptors (Lipinski definition) is 3. The maximum atomic E-state index is 11.6. The maximum absolute atomic E-state index is 11.6. The van der Waals surface area contributed by atoms with Crippen molar-refractivity contribution in [3.63, 3.8) is 0 Å². The van der Waals surface area contributed by atoms with Crippen LogP contribution in [0.3, 0.4) is 0 Å². The van der Waals surface area contributed by atoms with E-state index in [2.05, 4.69) is 5.32 Å². The Kier molecular flexibility index (Phi) is 3.23. The Morgan fingerprint density at radius 2 is 2.17 bits per heavy atom. The number of carbonyl (C=O) groups excluding carboxylic acids is 1. The number of hydrogen-bond donors (Lipinski definition) is 2. The smallest absolute Gasteiger partial charge is 0.323 e. The lowest BCUT2D eigenvalue weighted by Gasteiger charge is -2.25. The number of aryl methyl sites for hydroxylation is 1. The van der Waals surface area contributed by atoms with Crippen LogP contribution < -0.4 is 10.2 Å². The minimum absolute atomic E-state index is 0.0765. The van der Waals surface area contributed by atoms with E-state index in [1.165, 1.54) is 0 Å². The molecule has 18 heavy (non-hydrogen) atoms. The van der Waals surface area contributed by atoms with Gasteiger partial charge in [0.15, 0.2) is 0 Å². The van der Waals surface area contributed by atoms with Crippen molar-refractivity contribution in [1.82, 2.24) is 0 Å². The van der Waals surface area contributed by atoms with E-state index in [1.807, 2.05) is 26.0 Å². The molecule has 0 spiro atoms. The van der Waals surface area contributed by atoms with E-state index in [9.17, 15) is 9.59 Å². The zero-order valence-electron chi connectivity index (χ0n) is 10.5. The maximum Gasteiger partial charge on any atom is 0.323 e. The fourth-order valence-corrected chi connectivity index (χ4v) is 2.19. The molecule has 1 amide bonds. The van der Waals surface area contributed by atoms with E-state index >= 15 is 0 Å². The Morgan fingerprint density at radius 1 is 1.44 bits per heavy atom. The second-order valence-corrected chi connectivity index (χ2v) is 4.52. The molecule has 0 aromatic heterocycles. The van der Waals surface area contributed by atoms with Gasteiger partial charge in [-0.05, 0) is 31.0 Å². The van der Waals surface area contributed by atoms with Crippen LogP contribution in [0, 0.1) is 13.8 Å². The van der Waals surface area contributed by atoms with Gasteiger partial charge in [0.1, 0.15) is 6.54 Å². The fraction of sp³-hybridized carbons (Fsp3) is 0.385. The first-order valence-electron chi connectivity index (χ1n) is 5.86. The van der Waals surface area contributed by atoms with E-state index in [1.54, 1.807) is 4.90 Å². The summed E-state index contributed by atoms with van der Waals surface area (Å²) < 4.78 is 0. The average Bonchev–Trinajstić information content (AvgIpc) is 2.44. The van der Waals surface area contributed by atoms with Gasteiger partial charge in [-0.15, -0.1) is 0 Å². The molecule has 1 aliphatic heterocycles. The highest BCUT2D eigenvalue weighted by Crippen LogP contribution is 2.33. The molecule has 1 aromatic carbocycles. The van der Waals surface area contributed by atoms with E-state index in [-0.39, 0.29) is 12.5 Å². The number of aliphatic carboxylic acids is 1. The number of carboxylic acid groups (broad SMARTS) is 1. The molecular formula is C13H16N2O3. The molecule has 0 bridgehead atoms. The van der Waals surface area contributed by atoms with Gasteiger partial charge in [0.05, 0.1) is 11.4 Å². The molecule has 0 unspecified atom stereocenters. The van der Waals surface area contributed by atoms with Crippen molar-refractivity contribution in [3.05, 3.63) is 23.3 Å². The lowest BCUT2D eigenvalue weighted by atomic mass is 10.1. The lowest BCUT2D eigenvalue weighted by Crippen LogP contribution is -2.31. The fourth-order valence-electron chi connectivity index (χ4n) is 2.19. The van der Waals surface area contributed by atoms with Crippen LogP contribution in [0.4, 0.5) is 11.4 Å². The van der Waals surface area contributed by atoms with Gasteiger partial charge in [0.2, 0.25) is 5.91 Å². The first kappa shape index (κ1) is 12.4. The van der Waals surface area contributed by atoms with Crippen LogP contribution in [-0.2, 0) is 9.59 Å². The highest BCUT2D eigenvalue weighted by Gasteiger charge is 2.22. The van der Waals surface area contributed by atoms with Crippen LogP contribution >= 0.6 is 0 Å². The molecule has 5 nitrogen and oxygen atoms in total. The largest absolute Gasteiger partial charge is 0.480 e. The zero-order valence-corrected chi connectivity index (χ0v) is 10.5. The molecule has 1 aliphatic rings. The molecular weight excluding hydrogens is 232 g/mol. The first-order valence-corrected chi connectivity index (χ1v) is 5.86. The summed E-state index contributed by atoms with van der Waals surface area (Å²) in [6.07, 6.45) is 0.306. The Balaban J connectivity index is 2.51. The van der Waals surface area contributed by atoms with E-state index in [0.29, 0.717) is 18.7 Å². The molecule has 0 saturated carbocycles. The summed E-state index contributed by atoms with van der Waals surface area (Å²) >= 11 is 0. The van der Waals surface area contributed by atoms with E-state index < -0.39 is 5.97 Å². The minimum Gasteiger partial charge on any atom is -0.480 e. The zero-order chi connectivity index (χ0) is 13.3. The van der Waals surface area contributed by atoms with Gasteiger partial charge in [-0.2, -0.15) is 0 Å². The monoisotopic (exact) mass is 248 g/mol. The van der Waals surface area contributed by atoms with Gasteiger partial charge in [-0.25, -0.2) is 0 Å². The standard InChI is InChI=1S/C13H16N2O3/c1-8-3-4-10-13(9(8)2)15(7-12(17)18)6-5-11(16)14-10/h3-4H,5-7H2,1-2H3,(H,14,16)(H,17,18). The predicted molar refractivity (Wildman–Crippen MR) is 69.0 cm³/mol. The van der Waals surface area contributed by atoms with Crippen molar-refractivity contribution in [2.24, 2.45) is 0 Å². The van der Waals surface area contributed by atoms with Crippen molar-refractivity contribution in [2.45, 2.75) is 20.3 Å². The number of rotatable bonds is 2. The summed E-state index contributed by atoms with van der Waals surface area (Å²) in [6, 6.07) is 3.76. The number of nitrogens with one attached hydrogen (secondary N) is 1. The van der Waals surface area contributed by atoms with Gasteiger partial charge in [0.25, 0.3) is 0 Å². The molecule has 0 saturated heterocycles. The van der Waals surface area contributed by atoms with Crippen molar-refractivity contribution < 1.29 is 14.7 Å². The Hall–Kier alpha value is -2.04. The van der Waals surface area contributed by atoms with Crippen LogP contribution in [0.5, 0.6) is 0 Å². The van der Waals surface area contributed by atoms with Crippen LogP contribution in [0.15, 0.2) is 12.1 Å². The highest BCUT2D eigenvalue weighted by atomic mass is 16.4. The number of amides is 1. The summed E-state index contributed by atoms with van der Waals surface area (Å²) in [6.45, 7) is 4.25. The summed E-state index contributed by atoms with van der Waals surface area (Å²) in [5.41, 5.74) is 3.61. The summed E-state index contributed by atoms with van der Waals surface area (Å²) in [7, 11) is 0. The van der Waals surface area contributed by atoms with Crippen molar-refractivity contribution >= 4 is 23.3 Å². The second-order valence-electron chi connectivity index (χ2n) is 4.52. The van der Waals surface area contributed by atoms with E-state index in [4.69, 9.17) is 5.11 Å². The molecule has 96 valence electrons. The molecule has 0 fully saturated rings. The molecule has 0 radical (unpaired) electrons. The Labute approximate surface area is 105 Å². The lowest BCUT2D eigenvalue weighted by molar-refractivity contribution is -0.135. The SMILES string of the molecule is Cc1ccc2c(c1C)N(CC(=O)O)CCC(=O)N2. The number of carbonyl (C=O) groups is 2. The molecule has 2 rings (SSSR count). The molecule has 1 aromatic rings. The number of nitrogens with zero attached hydrogens (tertiary/aromatic N) is 1. The number of carboxylic acids is 1. The molecule has 0 atom stereocenters. The summed E-state index contributed by atoms with van der Waals surface area (Å²) in [5.74, 6) is -0.969. The van der Waals surface area contributed by atoms with Gasteiger partial charge >= 0.3 is 5.97 Å². The normalized spacial score (nSPS) is 14.8. The Morgan fingerprint density at radius 3 is 2.83 bits per heavy atom. The van der Waals surface area contributed by atoms with E-state index in [0.717, 1.165) is 16.8 Å². The number of benzene rings is 1. The number of anilines is 2. The quantitative estimate of drug-likeness (QED) is 0.833. The van der Waals surface area contributed by atoms with Crippen molar-refractivity contribution in [2.75, 3.05) is 23.3 Å². The van der Waals surface area contributed by atoms with Crippen molar-refractivity contribution in [3.8, 4) is 0 Å². The first-order chi connectivity index (χ1) is 8.49. The highest BCUT2D eigenvalue weighted by molar-refractivity contribution is 5.97. The third-order valence-electron chi connectivity index (χ3n) is 3.23. The van der Waals surface area contributed by atoms with Gasteiger partial charge < -0.3 is 15.3 Å². The second kappa shape index (κ2) is 4.68. The van der Waals surface area contributed by atoms with Crippen LogP contribution in [0.1, 0.15) is 17.5 Å². The summed E-state index contributed by atoms with van der Waals surface area (Å²) in [5, 5.41) is 11.8. The molecule has 2 N–H and O–H groups in total. The molecule has 1 heterocycles. The topological polar surface area (TPSA) is 69.6 Å². The molecule has 0 aliphatic carbocycles. The summed E-state index contributed by atoms with van der Waals surface area (Å²) in [4.78, 5) is 24.3. The van der Waals surface area contributed by atoms with Gasteiger partial charge in [-0.1, -0.05) is 6.07 Å². The minimum atomic E-state index is -0.892. The van der Waals surface area contributed by atoms with Crippen molar-refractivity contribution in [1.29, 1.82) is 0 Å². The van der Waals surface area contributed by atoms with Gasteiger partial charge in [-0.3, -0.25) is 9.59 Å². The van der Waals surface area contributed by atoms with Gasteiger partial charge in [0, 0.05) is 13.0 Å². The molecule has 5 heteroatoms. The predicted octanol–water partition coefficient (Wildman–Crippen LogP) is 1.54.